The van der Waals surface area contributed by atoms with E-state index in [1.807, 2.05) is 0 Å². The molecule has 3 aliphatic rings. The number of guanidine groups is 1. The zero-order chi connectivity index (χ0) is 20.1. The molecule has 3 rings (SSSR count). The number of aliphatic imine (C=N–C) groups is 1. The molecule has 0 radical (unpaired) electrons. The molecule has 1 aliphatic heterocycles. The monoisotopic (exact) mass is 392 g/mol. The number of rotatable bonds is 5. The molecule has 3 N–H and O–H groups in total. The fraction of sp³-hybridized carbons (Fsp3) is 0.850. The van der Waals surface area contributed by atoms with E-state index in [-0.39, 0.29) is 24.5 Å². The molecule has 28 heavy (non-hydrogen) atoms. The molecule has 3 unspecified atom stereocenters. The summed E-state index contributed by atoms with van der Waals surface area (Å²) in [5.41, 5.74) is 0. The van der Waals surface area contributed by atoms with E-state index in [0.717, 1.165) is 44.7 Å². The summed E-state index contributed by atoms with van der Waals surface area (Å²) in [6.07, 6.45) is 7.96. The van der Waals surface area contributed by atoms with Crippen molar-refractivity contribution in [3.63, 3.8) is 0 Å². The third kappa shape index (κ3) is 6.01. The molecule has 3 fully saturated rings. The average molecular weight is 393 g/mol. The van der Waals surface area contributed by atoms with E-state index in [9.17, 15) is 9.59 Å². The van der Waals surface area contributed by atoms with Crippen LogP contribution in [0.5, 0.6) is 0 Å². The minimum absolute atomic E-state index is 0.00586. The van der Waals surface area contributed by atoms with Gasteiger partial charge < -0.3 is 25.8 Å². The maximum absolute atomic E-state index is 12.0. The largest absolute Gasteiger partial charge is 0.353 e. The second-order valence-corrected chi connectivity index (χ2v) is 8.76. The molecule has 0 aromatic carbocycles. The number of carbonyl (C=O) groups excluding carboxylic acids is 2. The van der Waals surface area contributed by atoms with Crippen LogP contribution in [0.2, 0.25) is 0 Å². The maximum atomic E-state index is 12.0. The Labute approximate surface area is 168 Å². The van der Waals surface area contributed by atoms with Gasteiger partial charge in [0.2, 0.25) is 5.91 Å². The molecule has 3 atom stereocenters. The van der Waals surface area contributed by atoms with E-state index >= 15 is 0 Å². The van der Waals surface area contributed by atoms with E-state index in [4.69, 9.17) is 0 Å². The molecule has 158 valence electrons. The van der Waals surface area contributed by atoms with Crippen LogP contribution in [0.1, 0.15) is 51.9 Å². The first kappa shape index (κ1) is 20.7. The van der Waals surface area contributed by atoms with Crippen LogP contribution in [-0.2, 0) is 4.79 Å². The number of carbonyl (C=O) groups is 2. The average Bonchev–Trinajstić information content (AvgIpc) is 3.35. The Balaban J connectivity index is 1.59. The minimum atomic E-state index is -0.0653. The summed E-state index contributed by atoms with van der Waals surface area (Å²) in [4.78, 5) is 32.5. The third-order valence-corrected chi connectivity index (χ3v) is 6.02. The first-order chi connectivity index (χ1) is 13.4. The van der Waals surface area contributed by atoms with Gasteiger partial charge in [0.25, 0.3) is 0 Å². The first-order valence-corrected chi connectivity index (χ1v) is 10.8. The van der Waals surface area contributed by atoms with Crippen LogP contribution in [0.15, 0.2) is 4.99 Å². The van der Waals surface area contributed by atoms with Gasteiger partial charge in [0.1, 0.15) is 6.54 Å². The molecule has 1 saturated heterocycles. The summed E-state index contributed by atoms with van der Waals surface area (Å²) in [6.45, 7) is 3.99. The molecular formula is C20H36N6O2. The van der Waals surface area contributed by atoms with Crippen molar-refractivity contribution in [1.82, 2.24) is 25.8 Å². The highest BCUT2D eigenvalue weighted by molar-refractivity contribution is 5.85. The number of likely N-dealkylation sites (N-methyl/N-ethyl adjacent to an activating group) is 1. The second-order valence-electron chi connectivity index (χ2n) is 8.76. The summed E-state index contributed by atoms with van der Waals surface area (Å²) in [5, 5.41) is 9.70. The van der Waals surface area contributed by atoms with E-state index in [0.29, 0.717) is 18.0 Å². The molecule has 0 bridgehead atoms. The molecule has 0 spiro atoms. The lowest BCUT2D eigenvalue weighted by atomic mass is 9.86. The van der Waals surface area contributed by atoms with Crippen molar-refractivity contribution >= 4 is 17.9 Å². The first-order valence-electron chi connectivity index (χ1n) is 10.8. The maximum Gasteiger partial charge on any atom is 0.315 e. The molecule has 2 aliphatic carbocycles. The topological polar surface area (TPSA) is 89.1 Å². The van der Waals surface area contributed by atoms with Gasteiger partial charge in [-0.3, -0.25) is 4.79 Å². The Morgan fingerprint density at radius 1 is 1.00 bits per heavy atom. The standard InChI is InChI=1S/C20H36N6O2/c1-14-6-4-5-7-17(14)24-19(21-12-18(27)25(2)3)26-11-10-16(13-26)23-20(28)22-15-8-9-15/h14-17H,4-13H2,1-3H3,(H,21,24)(H2,22,23,28). The summed E-state index contributed by atoms with van der Waals surface area (Å²) < 4.78 is 0. The zero-order valence-corrected chi connectivity index (χ0v) is 17.5. The van der Waals surface area contributed by atoms with Crippen molar-refractivity contribution in [2.45, 2.75) is 70.0 Å². The number of nitrogens with zero attached hydrogens (tertiary/aromatic N) is 3. The molecule has 1 heterocycles. The number of nitrogens with one attached hydrogen (secondary N) is 3. The van der Waals surface area contributed by atoms with Crippen molar-refractivity contribution in [1.29, 1.82) is 0 Å². The van der Waals surface area contributed by atoms with Crippen LogP contribution in [-0.4, -0.2) is 79.6 Å². The number of urea groups is 1. The van der Waals surface area contributed by atoms with Crippen molar-refractivity contribution in [3.8, 4) is 0 Å². The van der Waals surface area contributed by atoms with Gasteiger partial charge in [-0.1, -0.05) is 19.8 Å². The molecule has 0 aromatic rings. The van der Waals surface area contributed by atoms with Gasteiger partial charge in [-0.15, -0.1) is 0 Å². The van der Waals surface area contributed by atoms with Crippen LogP contribution in [0.3, 0.4) is 0 Å². The number of hydrogen-bond donors (Lipinski definition) is 3. The highest BCUT2D eigenvalue weighted by Gasteiger charge is 2.30. The Hall–Kier alpha value is -1.99. The molecular weight excluding hydrogens is 356 g/mol. The number of amides is 3. The van der Waals surface area contributed by atoms with Gasteiger partial charge >= 0.3 is 6.03 Å². The quantitative estimate of drug-likeness (QED) is 0.483. The van der Waals surface area contributed by atoms with E-state index in [2.05, 4.69) is 32.8 Å². The fourth-order valence-corrected chi connectivity index (χ4v) is 3.93. The number of likely N-dealkylation sites (tertiary alicyclic amines) is 1. The van der Waals surface area contributed by atoms with Crippen LogP contribution in [0.25, 0.3) is 0 Å². The van der Waals surface area contributed by atoms with Gasteiger partial charge in [-0.25, -0.2) is 9.79 Å². The van der Waals surface area contributed by atoms with Gasteiger partial charge in [0.05, 0.1) is 0 Å². The van der Waals surface area contributed by atoms with E-state index in [1.165, 1.54) is 19.3 Å². The third-order valence-electron chi connectivity index (χ3n) is 6.02. The Morgan fingerprint density at radius 2 is 1.71 bits per heavy atom. The van der Waals surface area contributed by atoms with Crippen LogP contribution >= 0.6 is 0 Å². The van der Waals surface area contributed by atoms with Crippen LogP contribution in [0.4, 0.5) is 4.79 Å². The van der Waals surface area contributed by atoms with Crippen LogP contribution in [0, 0.1) is 5.92 Å². The second kappa shape index (κ2) is 9.47. The lowest BCUT2D eigenvalue weighted by molar-refractivity contribution is -0.127. The summed E-state index contributed by atoms with van der Waals surface area (Å²) in [7, 11) is 3.50. The summed E-state index contributed by atoms with van der Waals surface area (Å²) in [5.74, 6) is 1.40. The lowest BCUT2D eigenvalue weighted by Gasteiger charge is -2.33. The van der Waals surface area contributed by atoms with Gasteiger partial charge in [-0.05, 0) is 38.0 Å². The zero-order valence-electron chi connectivity index (χ0n) is 17.5. The predicted octanol–water partition coefficient (Wildman–Crippen LogP) is 1.13. The molecule has 0 aromatic heterocycles. The molecule has 8 nitrogen and oxygen atoms in total. The SMILES string of the molecule is CC1CCCCC1NC(=NCC(=O)N(C)C)N1CCC(NC(=O)NC2CC2)C1. The highest BCUT2D eigenvalue weighted by Crippen LogP contribution is 2.24. The molecule has 2 saturated carbocycles. The number of hydrogen-bond acceptors (Lipinski definition) is 3. The van der Waals surface area contributed by atoms with E-state index < -0.39 is 0 Å². The van der Waals surface area contributed by atoms with Gasteiger partial charge in [0, 0.05) is 45.3 Å². The normalized spacial score (nSPS) is 28.0. The van der Waals surface area contributed by atoms with Crippen molar-refractivity contribution in [2.75, 3.05) is 33.7 Å². The van der Waals surface area contributed by atoms with Crippen LogP contribution < -0.4 is 16.0 Å². The smallest absolute Gasteiger partial charge is 0.315 e. The van der Waals surface area contributed by atoms with Gasteiger partial charge in [-0.2, -0.15) is 0 Å². The Bertz CT molecular complexity index is 589. The molecule has 3 amide bonds. The highest BCUT2D eigenvalue weighted by atomic mass is 16.2. The van der Waals surface area contributed by atoms with Gasteiger partial charge in [0.15, 0.2) is 5.96 Å². The van der Waals surface area contributed by atoms with Crippen molar-refractivity contribution in [3.05, 3.63) is 0 Å². The van der Waals surface area contributed by atoms with Crippen molar-refractivity contribution < 1.29 is 9.59 Å². The predicted molar refractivity (Wildman–Crippen MR) is 110 cm³/mol. The van der Waals surface area contributed by atoms with E-state index in [1.54, 1.807) is 19.0 Å². The summed E-state index contributed by atoms with van der Waals surface area (Å²) >= 11 is 0. The van der Waals surface area contributed by atoms with Crippen molar-refractivity contribution in [2.24, 2.45) is 10.9 Å². The Kier molecular flexibility index (Phi) is 7.02. The Morgan fingerprint density at radius 3 is 2.39 bits per heavy atom. The fourth-order valence-electron chi connectivity index (χ4n) is 3.93. The minimum Gasteiger partial charge on any atom is -0.353 e. The molecule has 8 heteroatoms. The summed E-state index contributed by atoms with van der Waals surface area (Å²) in [6, 6.07) is 0.803. The lowest BCUT2D eigenvalue weighted by Crippen LogP contribution is -2.50.